The van der Waals surface area contributed by atoms with Crippen molar-refractivity contribution in [1.82, 2.24) is 15.2 Å². The molecule has 3 N–H and O–H groups in total. The van der Waals surface area contributed by atoms with Gasteiger partial charge in [0.2, 0.25) is 5.91 Å². The van der Waals surface area contributed by atoms with Crippen LogP contribution in [0, 0.1) is 17.0 Å². The highest BCUT2D eigenvalue weighted by Gasteiger charge is 2.12. The number of nitro groups is 1. The number of nitrogens with zero attached hydrogens (tertiary/aromatic N) is 3. The summed E-state index contributed by atoms with van der Waals surface area (Å²) in [6.45, 7) is 2.09. The Kier molecular flexibility index (Phi) is 5.41. The minimum Gasteiger partial charge on any atom is -0.379 e. The van der Waals surface area contributed by atoms with Crippen molar-refractivity contribution in [3.63, 3.8) is 0 Å². The summed E-state index contributed by atoms with van der Waals surface area (Å²) in [5.41, 5.74) is 1.78. The number of aryl methyl sites for hydroxylation is 1. The maximum absolute atomic E-state index is 12.2. The van der Waals surface area contributed by atoms with Crippen LogP contribution in [0.2, 0.25) is 0 Å². The number of hydrogen-bond donors (Lipinski definition) is 3. The summed E-state index contributed by atoms with van der Waals surface area (Å²) in [4.78, 5) is 26.9. The number of rotatable bonds is 7. The van der Waals surface area contributed by atoms with Gasteiger partial charge in [-0.15, -0.1) is 0 Å². The van der Waals surface area contributed by atoms with Crippen molar-refractivity contribution in [1.29, 1.82) is 0 Å². The van der Waals surface area contributed by atoms with Gasteiger partial charge in [-0.05, 0) is 25.1 Å². The van der Waals surface area contributed by atoms with Gasteiger partial charge in [0.15, 0.2) is 5.82 Å². The van der Waals surface area contributed by atoms with Crippen molar-refractivity contribution in [3.8, 4) is 11.4 Å². The molecule has 138 valence electrons. The lowest BCUT2D eigenvalue weighted by Crippen LogP contribution is -2.16. The Labute approximate surface area is 155 Å². The van der Waals surface area contributed by atoms with E-state index in [1.54, 1.807) is 30.3 Å². The SMILES string of the molecule is Cc1nc(-c2cccc(NC(=O)CCNc3ccccc3[N+](=O)[O-])c2)n[nH]1. The summed E-state index contributed by atoms with van der Waals surface area (Å²) in [6, 6.07) is 13.5. The van der Waals surface area contributed by atoms with Gasteiger partial charge in [0.1, 0.15) is 11.5 Å². The maximum Gasteiger partial charge on any atom is 0.292 e. The first kappa shape index (κ1) is 18.1. The number of para-hydroxylation sites is 2. The summed E-state index contributed by atoms with van der Waals surface area (Å²) < 4.78 is 0. The van der Waals surface area contributed by atoms with Gasteiger partial charge in [0.05, 0.1) is 4.92 Å². The minimum atomic E-state index is -0.460. The maximum atomic E-state index is 12.2. The van der Waals surface area contributed by atoms with E-state index in [9.17, 15) is 14.9 Å². The van der Waals surface area contributed by atoms with Gasteiger partial charge in [-0.1, -0.05) is 24.3 Å². The summed E-state index contributed by atoms with van der Waals surface area (Å²) >= 11 is 0. The van der Waals surface area contributed by atoms with E-state index in [0.717, 1.165) is 5.56 Å². The second-order valence-corrected chi connectivity index (χ2v) is 5.82. The fourth-order valence-electron chi connectivity index (χ4n) is 2.52. The van der Waals surface area contributed by atoms with E-state index in [1.165, 1.54) is 6.07 Å². The number of aromatic amines is 1. The molecule has 0 spiro atoms. The fraction of sp³-hybridized carbons (Fsp3) is 0.167. The van der Waals surface area contributed by atoms with Crippen LogP contribution >= 0.6 is 0 Å². The Morgan fingerprint density at radius 1 is 1.22 bits per heavy atom. The van der Waals surface area contributed by atoms with Gasteiger partial charge < -0.3 is 10.6 Å². The summed E-state index contributed by atoms with van der Waals surface area (Å²) in [6.07, 6.45) is 0.163. The molecule has 1 heterocycles. The van der Waals surface area contributed by atoms with Crippen LogP contribution in [0.5, 0.6) is 0 Å². The first-order valence-corrected chi connectivity index (χ1v) is 8.29. The van der Waals surface area contributed by atoms with Crippen LogP contribution in [-0.4, -0.2) is 32.6 Å². The summed E-state index contributed by atoms with van der Waals surface area (Å²) in [5, 5.41) is 23.6. The predicted molar refractivity (Wildman–Crippen MR) is 101 cm³/mol. The second kappa shape index (κ2) is 8.09. The Morgan fingerprint density at radius 3 is 2.78 bits per heavy atom. The molecule has 0 atom stereocenters. The molecule has 9 heteroatoms. The monoisotopic (exact) mass is 366 g/mol. The molecule has 0 saturated carbocycles. The van der Waals surface area contributed by atoms with Crippen molar-refractivity contribution in [2.24, 2.45) is 0 Å². The van der Waals surface area contributed by atoms with Crippen LogP contribution in [0.15, 0.2) is 48.5 Å². The number of amides is 1. The first-order valence-electron chi connectivity index (χ1n) is 8.29. The number of carbonyl (C=O) groups is 1. The molecule has 0 radical (unpaired) electrons. The van der Waals surface area contributed by atoms with E-state index in [1.807, 2.05) is 19.1 Å². The molecule has 2 aromatic carbocycles. The summed E-state index contributed by atoms with van der Waals surface area (Å²) in [7, 11) is 0. The minimum absolute atomic E-state index is 0.0209. The first-order chi connectivity index (χ1) is 13.0. The third-order valence-electron chi connectivity index (χ3n) is 3.77. The molecule has 1 aromatic heterocycles. The largest absolute Gasteiger partial charge is 0.379 e. The average molecular weight is 366 g/mol. The molecule has 0 bridgehead atoms. The number of nitrogens with one attached hydrogen (secondary N) is 3. The van der Waals surface area contributed by atoms with Gasteiger partial charge in [0, 0.05) is 30.3 Å². The van der Waals surface area contributed by atoms with E-state index in [4.69, 9.17) is 0 Å². The fourth-order valence-corrected chi connectivity index (χ4v) is 2.52. The molecule has 0 saturated heterocycles. The van der Waals surface area contributed by atoms with Crippen LogP contribution in [-0.2, 0) is 4.79 Å². The Hall–Kier alpha value is -3.75. The van der Waals surface area contributed by atoms with Crippen LogP contribution < -0.4 is 10.6 Å². The molecule has 1 amide bonds. The van der Waals surface area contributed by atoms with Crippen LogP contribution in [0.4, 0.5) is 17.1 Å². The summed E-state index contributed by atoms with van der Waals surface area (Å²) in [5.74, 6) is 1.06. The lowest BCUT2D eigenvalue weighted by Gasteiger charge is -2.08. The van der Waals surface area contributed by atoms with Crippen molar-refractivity contribution in [3.05, 3.63) is 64.5 Å². The van der Waals surface area contributed by atoms with E-state index in [0.29, 0.717) is 23.0 Å². The lowest BCUT2D eigenvalue weighted by atomic mass is 10.2. The normalized spacial score (nSPS) is 10.4. The average Bonchev–Trinajstić information content (AvgIpc) is 3.09. The molecule has 0 aliphatic heterocycles. The smallest absolute Gasteiger partial charge is 0.292 e. The van der Waals surface area contributed by atoms with Crippen LogP contribution in [0.25, 0.3) is 11.4 Å². The molecule has 0 aliphatic carbocycles. The van der Waals surface area contributed by atoms with E-state index in [2.05, 4.69) is 25.8 Å². The Balaban J connectivity index is 1.56. The number of anilines is 2. The molecule has 27 heavy (non-hydrogen) atoms. The number of aromatic nitrogens is 3. The van der Waals surface area contributed by atoms with E-state index in [-0.39, 0.29) is 24.6 Å². The zero-order valence-corrected chi connectivity index (χ0v) is 14.6. The van der Waals surface area contributed by atoms with Crippen LogP contribution in [0.3, 0.4) is 0 Å². The van der Waals surface area contributed by atoms with Gasteiger partial charge >= 0.3 is 0 Å². The highest BCUT2D eigenvalue weighted by molar-refractivity contribution is 5.91. The van der Waals surface area contributed by atoms with Gasteiger partial charge in [0.25, 0.3) is 5.69 Å². The molecule has 9 nitrogen and oxygen atoms in total. The lowest BCUT2D eigenvalue weighted by molar-refractivity contribution is -0.384. The zero-order valence-electron chi connectivity index (χ0n) is 14.6. The molecule has 3 aromatic rings. The quantitative estimate of drug-likeness (QED) is 0.436. The zero-order chi connectivity index (χ0) is 19.2. The highest BCUT2D eigenvalue weighted by Crippen LogP contribution is 2.23. The number of nitro benzene ring substituents is 1. The van der Waals surface area contributed by atoms with Crippen LogP contribution in [0.1, 0.15) is 12.2 Å². The van der Waals surface area contributed by atoms with E-state index < -0.39 is 4.92 Å². The predicted octanol–water partition coefficient (Wildman–Crippen LogP) is 3.13. The Morgan fingerprint density at radius 2 is 2.04 bits per heavy atom. The van der Waals surface area contributed by atoms with Gasteiger partial charge in [-0.25, -0.2) is 4.98 Å². The van der Waals surface area contributed by atoms with Crippen molar-refractivity contribution >= 4 is 23.0 Å². The number of H-pyrrole nitrogens is 1. The number of benzene rings is 2. The standard InChI is InChI=1S/C18H18N6O3/c1-12-20-18(23-22-12)13-5-4-6-14(11-13)21-17(25)9-10-19-15-7-2-3-8-16(15)24(26)27/h2-8,11,19H,9-10H2,1H3,(H,21,25)(H,20,22,23). The van der Waals surface area contributed by atoms with Gasteiger partial charge in [-0.3, -0.25) is 20.0 Å². The van der Waals surface area contributed by atoms with Crippen molar-refractivity contribution in [2.45, 2.75) is 13.3 Å². The highest BCUT2D eigenvalue weighted by atomic mass is 16.6. The molecule has 0 aliphatic rings. The molecular weight excluding hydrogens is 348 g/mol. The number of hydrogen-bond acceptors (Lipinski definition) is 6. The topological polar surface area (TPSA) is 126 Å². The van der Waals surface area contributed by atoms with Crippen molar-refractivity contribution in [2.75, 3.05) is 17.2 Å². The third-order valence-corrected chi connectivity index (χ3v) is 3.77. The molecular formula is C18H18N6O3. The molecule has 3 rings (SSSR count). The number of carbonyl (C=O) groups excluding carboxylic acids is 1. The second-order valence-electron chi connectivity index (χ2n) is 5.82. The third kappa shape index (κ3) is 4.66. The Bertz CT molecular complexity index is 969. The van der Waals surface area contributed by atoms with E-state index >= 15 is 0 Å². The van der Waals surface area contributed by atoms with Gasteiger partial charge in [-0.2, -0.15) is 5.10 Å². The molecule has 0 fully saturated rings. The molecule has 0 unspecified atom stereocenters. The van der Waals surface area contributed by atoms with Crippen molar-refractivity contribution < 1.29 is 9.72 Å².